The largest absolute Gasteiger partial charge is 0.508 e. The highest BCUT2D eigenvalue weighted by molar-refractivity contribution is 6.30. The zero-order chi connectivity index (χ0) is 32.9. The number of likely N-dealkylation sites (tertiary alicyclic amines) is 1. The number of carboxylic acid groups (broad SMARTS) is 1. The van der Waals surface area contributed by atoms with Gasteiger partial charge in [-0.25, -0.2) is 4.79 Å². The average molecular weight is 645 g/mol. The highest BCUT2D eigenvalue weighted by Gasteiger charge is 2.53. The molecule has 1 saturated heterocycles. The summed E-state index contributed by atoms with van der Waals surface area (Å²) in [6.45, 7) is 9.62. The molecule has 6 rings (SSSR count). The molecule has 3 aromatic carbocycles. The summed E-state index contributed by atoms with van der Waals surface area (Å²) >= 11 is 5.80. The first-order valence-corrected chi connectivity index (χ1v) is 16.6. The number of carbonyl (C=O) groups is 2. The molecule has 1 heterocycles. The maximum absolute atomic E-state index is 12.0. The minimum atomic E-state index is -1.28. The molecule has 244 valence electrons. The van der Waals surface area contributed by atoms with Crippen LogP contribution in [0.3, 0.4) is 0 Å². The predicted molar refractivity (Wildman–Crippen MR) is 182 cm³/mol. The number of carbonyl (C=O) groups excluding carboxylic acids is 1. The number of aromatic hydroxyl groups is 1. The molecule has 0 aromatic heterocycles. The molecule has 3 aromatic rings. The van der Waals surface area contributed by atoms with Crippen LogP contribution in [0.2, 0.25) is 5.02 Å². The van der Waals surface area contributed by atoms with Crippen molar-refractivity contribution in [2.45, 2.75) is 75.9 Å². The van der Waals surface area contributed by atoms with Crippen LogP contribution in [0.5, 0.6) is 11.5 Å². The van der Waals surface area contributed by atoms with Gasteiger partial charge in [0.25, 0.3) is 5.91 Å². The number of hydrogen-bond donors (Lipinski definition) is 3. The van der Waals surface area contributed by atoms with E-state index >= 15 is 0 Å². The van der Waals surface area contributed by atoms with E-state index in [0.717, 1.165) is 24.4 Å². The monoisotopic (exact) mass is 644 g/mol. The molecule has 7 nitrogen and oxygen atoms in total. The van der Waals surface area contributed by atoms with E-state index in [0.29, 0.717) is 46.5 Å². The molecule has 0 radical (unpaired) electrons. The van der Waals surface area contributed by atoms with Gasteiger partial charge in [-0.2, -0.15) is 0 Å². The maximum atomic E-state index is 12.0. The number of phenols is 1. The third kappa shape index (κ3) is 7.42. The Morgan fingerprint density at radius 2 is 1.83 bits per heavy atom. The average Bonchev–Trinajstić information content (AvgIpc) is 3.04. The fourth-order valence-corrected chi connectivity index (χ4v) is 7.68. The van der Waals surface area contributed by atoms with Gasteiger partial charge in [-0.15, -0.1) is 6.58 Å². The number of carboxylic acids is 1. The van der Waals surface area contributed by atoms with Crippen LogP contribution in [-0.4, -0.2) is 58.3 Å². The minimum absolute atomic E-state index is 0.153. The van der Waals surface area contributed by atoms with Crippen molar-refractivity contribution in [1.29, 1.82) is 0 Å². The molecule has 2 fully saturated rings. The second kappa shape index (κ2) is 14.3. The van der Waals surface area contributed by atoms with Gasteiger partial charge in [0.15, 0.2) is 5.60 Å². The van der Waals surface area contributed by atoms with Crippen LogP contribution in [0.25, 0.3) is 0 Å². The summed E-state index contributed by atoms with van der Waals surface area (Å²) in [7, 11) is 0. The van der Waals surface area contributed by atoms with E-state index < -0.39 is 11.6 Å². The summed E-state index contributed by atoms with van der Waals surface area (Å²) in [6, 6.07) is 20.6. The van der Waals surface area contributed by atoms with E-state index in [1.807, 2.05) is 18.2 Å². The van der Waals surface area contributed by atoms with Crippen molar-refractivity contribution in [3.63, 3.8) is 0 Å². The molecule has 1 amide bonds. The Bertz CT molecular complexity index is 1540. The van der Waals surface area contributed by atoms with Crippen LogP contribution in [-0.2, 0) is 23.1 Å². The lowest BCUT2D eigenvalue weighted by Gasteiger charge is -2.59. The van der Waals surface area contributed by atoms with E-state index in [-0.39, 0.29) is 5.91 Å². The van der Waals surface area contributed by atoms with Gasteiger partial charge in [0.2, 0.25) is 0 Å². The Labute approximate surface area is 277 Å². The number of piperidine rings is 1. The number of hydrogen-bond acceptors (Lipinski definition) is 5. The minimum Gasteiger partial charge on any atom is -0.508 e. The van der Waals surface area contributed by atoms with Gasteiger partial charge in [0, 0.05) is 35.1 Å². The van der Waals surface area contributed by atoms with Crippen molar-refractivity contribution in [3.05, 3.63) is 107 Å². The van der Waals surface area contributed by atoms with E-state index in [9.17, 15) is 14.7 Å². The first-order valence-electron chi connectivity index (χ1n) is 16.2. The summed E-state index contributed by atoms with van der Waals surface area (Å²) < 4.78 is 5.45. The highest BCUT2D eigenvalue weighted by atomic mass is 35.5. The molecule has 1 aliphatic heterocycles. The van der Waals surface area contributed by atoms with Crippen molar-refractivity contribution in [3.8, 4) is 11.5 Å². The quantitative estimate of drug-likeness (QED) is 0.213. The molecule has 3 atom stereocenters. The summed E-state index contributed by atoms with van der Waals surface area (Å²) in [5.41, 5.74) is 3.58. The van der Waals surface area contributed by atoms with Crippen LogP contribution in [0.1, 0.15) is 73.0 Å². The number of fused-ring (bicyclic) bond motifs is 1. The van der Waals surface area contributed by atoms with Gasteiger partial charge in [-0.3, -0.25) is 9.69 Å². The molecule has 2 aliphatic carbocycles. The molecule has 1 saturated carbocycles. The molecule has 3 aliphatic rings. The van der Waals surface area contributed by atoms with Gasteiger partial charge >= 0.3 is 5.97 Å². The first kappa shape index (κ1) is 33.6. The normalized spacial score (nSPS) is 21.9. The molecule has 0 spiro atoms. The Kier molecular flexibility index (Phi) is 10.4. The smallest absolute Gasteiger partial charge is 0.347 e. The number of ether oxygens (including phenoxy) is 1. The van der Waals surface area contributed by atoms with E-state index in [2.05, 4.69) is 35.0 Å². The molecule has 8 heteroatoms. The number of amides is 1. The zero-order valence-electron chi connectivity index (χ0n) is 26.8. The molecular formula is C38H45ClN2O5. The van der Waals surface area contributed by atoms with E-state index in [1.165, 1.54) is 63.6 Å². The number of aliphatic carboxylic acids is 1. The van der Waals surface area contributed by atoms with Gasteiger partial charge in [0.05, 0.1) is 0 Å². The number of nitrogens with zero attached hydrogens (tertiary/aromatic N) is 1. The predicted octanol–water partition coefficient (Wildman–Crippen LogP) is 7.19. The van der Waals surface area contributed by atoms with Crippen LogP contribution in [0.4, 0.5) is 0 Å². The number of nitrogens with one attached hydrogen (secondary N) is 1. The Morgan fingerprint density at radius 1 is 1.09 bits per heavy atom. The van der Waals surface area contributed by atoms with Crippen LogP contribution in [0, 0.1) is 5.92 Å². The van der Waals surface area contributed by atoms with Gasteiger partial charge in [-0.05, 0) is 124 Å². The summed E-state index contributed by atoms with van der Waals surface area (Å²) in [4.78, 5) is 25.7. The van der Waals surface area contributed by atoms with E-state index in [4.69, 9.17) is 21.4 Å². The third-order valence-electron chi connectivity index (χ3n) is 9.92. The van der Waals surface area contributed by atoms with Crippen molar-refractivity contribution >= 4 is 23.5 Å². The number of phenolic OH excluding ortho intramolecular Hbond substituents is 1. The lowest BCUT2D eigenvalue weighted by Crippen LogP contribution is -2.60. The first-order chi connectivity index (χ1) is 22.0. The Hall–Kier alpha value is -3.81. The Morgan fingerprint density at radius 3 is 2.52 bits per heavy atom. The SMILES string of the molecule is C=CCN1CC[C@]23CCCC[C@H]2[C@H]1Cc1ccc(O)cc13.CC(C)(Oc1ccc(CCNC(=O)c2ccc(Cl)cc2)cc1)C(=O)O. The fourth-order valence-electron chi connectivity index (χ4n) is 7.55. The highest BCUT2D eigenvalue weighted by Crippen LogP contribution is 2.56. The number of rotatable bonds is 9. The van der Waals surface area contributed by atoms with Crippen molar-refractivity contribution in [2.75, 3.05) is 19.6 Å². The molecule has 3 N–H and O–H groups in total. The topological polar surface area (TPSA) is 99.1 Å². The van der Waals surface area contributed by atoms with Crippen molar-refractivity contribution < 1.29 is 24.5 Å². The number of benzene rings is 3. The number of halogens is 1. The van der Waals surface area contributed by atoms with Crippen LogP contribution in [0.15, 0.2) is 79.4 Å². The third-order valence-corrected chi connectivity index (χ3v) is 10.2. The van der Waals surface area contributed by atoms with Crippen molar-refractivity contribution in [1.82, 2.24) is 10.2 Å². The van der Waals surface area contributed by atoms with E-state index in [1.54, 1.807) is 36.4 Å². The summed E-state index contributed by atoms with van der Waals surface area (Å²) in [6.07, 6.45) is 10.5. The summed E-state index contributed by atoms with van der Waals surface area (Å²) in [5, 5.41) is 22.5. The van der Waals surface area contributed by atoms with Gasteiger partial charge < -0.3 is 20.3 Å². The molecule has 0 unspecified atom stereocenters. The zero-order valence-corrected chi connectivity index (χ0v) is 27.6. The lowest BCUT2D eigenvalue weighted by atomic mass is 9.52. The molecule has 46 heavy (non-hydrogen) atoms. The van der Waals surface area contributed by atoms with Crippen molar-refractivity contribution in [2.24, 2.45) is 5.92 Å². The standard InChI is InChI=1S/C19H20ClNO4.C19H25NO/c1-19(2,18(23)24)25-16-9-3-13(4-10-16)11-12-21-17(22)14-5-7-15(20)8-6-14;1-2-10-20-11-9-19-8-4-3-5-16(19)18(20)12-14-6-7-15(21)13-17(14)19/h3-10H,11-12H2,1-2H3,(H,21,22)(H,23,24);2,6-7,13,16,18,21H,1,3-5,8-12H2/t;16-,18+,19+/m.0/s1. The van der Waals surface area contributed by atoms with Crippen LogP contribution >= 0.6 is 11.6 Å². The summed E-state index contributed by atoms with van der Waals surface area (Å²) in [5.74, 6) is 0.524. The Balaban J connectivity index is 0.000000183. The second-order valence-corrected chi connectivity index (χ2v) is 13.7. The fraction of sp³-hybridized carbons (Fsp3) is 0.421. The molecule has 2 bridgehead atoms. The molecular weight excluding hydrogens is 600 g/mol. The lowest BCUT2D eigenvalue weighted by molar-refractivity contribution is -0.152. The second-order valence-electron chi connectivity index (χ2n) is 13.2. The van der Waals surface area contributed by atoms with Gasteiger partial charge in [0.1, 0.15) is 11.5 Å². The van der Waals surface area contributed by atoms with Gasteiger partial charge in [-0.1, -0.05) is 48.7 Å². The van der Waals surface area contributed by atoms with Crippen LogP contribution < -0.4 is 10.1 Å². The maximum Gasteiger partial charge on any atom is 0.347 e.